The number of tetrazole rings is 1. The van der Waals surface area contributed by atoms with E-state index in [1.807, 2.05) is 23.6 Å². The van der Waals surface area contributed by atoms with Crippen LogP contribution in [-0.2, 0) is 20.9 Å². The van der Waals surface area contributed by atoms with Crippen LogP contribution in [0.4, 0.5) is 0 Å². The molecule has 2 atom stereocenters. The van der Waals surface area contributed by atoms with Gasteiger partial charge in [-0.1, -0.05) is 25.3 Å². The van der Waals surface area contributed by atoms with Crippen LogP contribution in [0, 0.1) is 0 Å². The first-order valence-corrected chi connectivity index (χ1v) is 14.7. The molecule has 0 bridgehead atoms. The van der Waals surface area contributed by atoms with E-state index in [2.05, 4.69) is 20.7 Å². The van der Waals surface area contributed by atoms with Gasteiger partial charge in [-0.15, -0.1) is 21.5 Å². The third-order valence-corrected chi connectivity index (χ3v) is 8.42. The zero-order chi connectivity index (χ0) is 27.9. The first-order chi connectivity index (χ1) is 19.6. The van der Waals surface area contributed by atoms with Gasteiger partial charge in [0.1, 0.15) is 12.6 Å². The van der Waals surface area contributed by atoms with E-state index >= 15 is 0 Å². The van der Waals surface area contributed by atoms with E-state index in [1.54, 1.807) is 31.3 Å². The van der Waals surface area contributed by atoms with Crippen molar-refractivity contribution in [1.29, 1.82) is 0 Å². The van der Waals surface area contributed by atoms with E-state index in [1.165, 1.54) is 16.1 Å². The van der Waals surface area contributed by atoms with Crippen molar-refractivity contribution in [2.75, 3.05) is 27.4 Å². The highest BCUT2D eigenvalue weighted by atomic mass is 32.1. The van der Waals surface area contributed by atoms with Crippen LogP contribution in [0.3, 0.4) is 0 Å². The second kappa shape index (κ2) is 13.2. The Morgan fingerprint density at radius 3 is 2.65 bits per heavy atom. The predicted molar refractivity (Wildman–Crippen MR) is 149 cm³/mol. The summed E-state index contributed by atoms with van der Waals surface area (Å²) in [5.74, 6) is 1.10. The summed E-state index contributed by atoms with van der Waals surface area (Å²) in [4.78, 5) is 31.6. The molecule has 5 rings (SSSR count). The molecule has 1 saturated carbocycles. The third-order valence-electron chi connectivity index (χ3n) is 7.49. The van der Waals surface area contributed by atoms with Crippen LogP contribution >= 0.6 is 11.3 Å². The van der Waals surface area contributed by atoms with Gasteiger partial charge in [-0.3, -0.25) is 9.59 Å². The van der Waals surface area contributed by atoms with Gasteiger partial charge in [-0.05, 0) is 60.5 Å². The number of aromatic nitrogens is 4. The second-order valence-corrected chi connectivity index (χ2v) is 11.1. The van der Waals surface area contributed by atoms with Crippen molar-refractivity contribution >= 4 is 23.2 Å². The Morgan fingerprint density at radius 2 is 1.95 bits per heavy atom. The van der Waals surface area contributed by atoms with Gasteiger partial charge >= 0.3 is 0 Å². The quantitative estimate of drug-likeness (QED) is 0.372. The molecule has 11 nitrogen and oxygen atoms in total. The second-order valence-electron chi connectivity index (χ2n) is 10.1. The summed E-state index contributed by atoms with van der Waals surface area (Å²) < 4.78 is 16.4. The number of hydrogen-bond acceptors (Lipinski definition) is 9. The zero-order valence-electron chi connectivity index (χ0n) is 23.0. The maximum absolute atomic E-state index is 14.0. The topological polar surface area (TPSA) is 121 Å². The zero-order valence-corrected chi connectivity index (χ0v) is 23.8. The van der Waals surface area contributed by atoms with Gasteiger partial charge in [0.05, 0.1) is 20.3 Å². The minimum atomic E-state index is -0.731. The van der Waals surface area contributed by atoms with Crippen LogP contribution in [0.5, 0.6) is 11.5 Å². The number of carbonyl (C=O) groups is 2. The molecule has 2 amide bonds. The number of nitrogens with one attached hydrogen (secondary N) is 1. The van der Waals surface area contributed by atoms with Gasteiger partial charge in [0.25, 0.3) is 0 Å². The van der Waals surface area contributed by atoms with Gasteiger partial charge in [-0.25, -0.2) is 0 Å². The fourth-order valence-electron chi connectivity index (χ4n) is 5.48. The van der Waals surface area contributed by atoms with Crippen molar-refractivity contribution in [2.24, 2.45) is 0 Å². The summed E-state index contributed by atoms with van der Waals surface area (Å²) in [6.07, 6.45) is 6.83. The largest absolute Gasteiger partial charge is 0.493 e. The van der Waals surface area contributed by atoms with Crippen molar-refractivity contribution in [3.8, 4) is 22.9 Å². The fraction of sp³-hybridized carbons (Fsp3) is 0.536. The Morgan fingerprint density at radius 1 is 1.12 bits per heavy atom. The molecule has 0 spiro atoms. The fourth-order valence-corrected chi connectivity index (χ4v) is 6.30. The molecule has 2 aromatic heterocycles. The van der Waals surface area contributed by atoms with Gasteiger partial charge in [0.2, 0.25) is 17.6 Å². The minimum Gasteiger partial charge on any atom is -0.493 e. The maximum atomic E-state index is 14.0. The van der Waals surface area contributed by atoms with Crippen molar-refractivity contribution in [2.45, 2.75) is 69.7 Å². The van der Waals surface area contributed by atoms with Crippen LogP contribution in [-0.4, -0.2) is 76.4 Å². The van der Waals surface area contributed by atoms with Crippen LogP contribution < -0.4 is 14.8 Å². The third kappa shape index (κ3) is 6.44. The van der Waals surface area contributed by atoms with Gasteiger partial charge < -0.3 is 24.4 Å². The van der Waals surface area contributed by atoms with Gasteiger partial charge in [-0.2, -0.15) is 4.80 Å². The van der Waals surface area contributed by atoms with Crippen molar-refractivity contribution in [3.05, 3.63) is 40.6 Å². The molecule has 1 saturated heterocycles. The molecular weight excluding hydrogens is 532 g/mol. The molecule has 214 valence electrons. The average Bonchev–Trinajstić information content (AvgIpc) is 3.78. The summed E-state index contributed by atoms with van der Waals surface area (Å²) >= 11 is 1.48. The highest BCUT2D eigenvalue weighted by Crippen LogP contribution is 2.34. The molecule has 40 heavy (non-hydrogen) atoms. The van der Waals surface area contributed by atoms with Crippen molar-refractivity contribution in [1.82, 2.24) is 30.4 Å². The molecule has 2 aliphatic rings. The number of benzene rings is 1. The van der Waals surface area contributed by atoms with E-state index in [4.69, 9.17) is 14.2 Å². The van der Waals surface area contributed by atoms with Gasteiger partial charge in [0.15, 0.2) is 11.5 Å². The summed E-state index contributed by atoms with van der Waals surface area (Å²) in [5.41, 5.74) is 0.686. The molecule has 12 heteroatoms. The van der Waals surface area contributed by atoms with Crippen LogP contribution in [0.15, 0.2) is 35.7 Å². The summed E-state index contributed by atoms with van der Waals surface area (Å²) in [6, 6.07) is 8.41. The Balaban J connectivity index is 1.38. The lowest BCUT2D eigenvalue weighted by molar-refractivity contribution is -0.145. The Labute approximate surface area is 237 Å². The normalized spacial score (nSPS) is 18.3. The summed E-state index contributed by atoms with van der Waals surface area (Å²) in [6.45, 7) is 1.03. The van der Waals surface area contributed by atoms with Crippen molar-refractivity contribution < 1.29 is 23.8 Å². The lowest BCUT2D eigenvalue weighted by Crippen LogP contribution is -2.51. The van der Waals surface area contributed by atoms with E-state index in [0.717, 1.165) is 56.4 Å². The first-order valence-electron chi connectivity index (χ1n) is 13.8. The van der Waals surface area contributed by atoms with Crippen molar-refractivity contribution in [3.63, 3.8) is 0 Å². The summed E-state index contributed by atoms with van der Waals surface area (Å²) in [5, 5.41) is 17.8. The molecule has 1 N–H and O–H groups in total. The lowest BCUT2D eigenvalue weighted by atomic mass is 9.92. The monoisotopic (exact) mass is 568 g/mol. The number of thiophene rings is 1. The SMILES string of the molecule is COc1ccc(-c2nnn(CC(=O)N(C3CCCCC3)[C@H](C(=O)NC[C@H]3CCCO3)c3cccs3)n2)cc1OC. The minimum absolute atomic E-state index is 0.0149. The first kappa shape index (κ1) is 28.0. The maximum Gasteiger partial charge on any atom is 0.248 e. The summed E-state index contributed by atoms with van der Waals surface area (Å²) in [7, 11) is 3.13. The van der Waals surface area contributed by atoms with E-state index < -0.39 is 6.04 Å². The Kier molecular flexibility index (Phi) is 9.27. The lowest BCUT2D eigenvalue weighted by Gasteiger charge is -2.39. The number of hydrogen-bond donors (Lipinski definition) is 1. The Hall–Kier alpha value is -3.51. The predicted octanol–water partition coefficient (Wildman–Crippen LogP) is 3.62. The highest BCUT2D eigenvalue weighted by molar-refractivity contribution is 7.10. The number of rotatable bonds is 11. The van der Waals surface area contributed by atoms with Gasteiger partial charge in [0, 0.05) is 29.6 Å². The highest BCUT2D eigenvalue weighted by Gasteiger charge is 2.38. The number of carbonyl (C=O) groups excluding carboxylic acids is 2. The van der Waals surface area contributed by atoms with E-state index in [-0.39, 0.29) is 30.5 Å². The standard InChI is InChI=1S/C28H36N6O5S/c1-37-22-13-12-19(16-23(22)38-2)27-30-32-33(31-27)18-25(35)34(20-8-4-3-5-9-20)26(24-11-7-15-40-24)28(36)29-17-21-10-6-14-39-21/h7,11-13,15-16,20-21,26H,3-6,8-10,14,17-18H2,1-2H3,(H,29,36)/t21-,26+/m1/s1. The Bertz CT molecular complexity index is 1270. The number of amides is 2. The molecular formula is C28H36N6O5S. The number of methoxy groups -OCH3 is 2. The van der Waals surface area contributed by atoms with Crippen LogP contribution in [0.2, 0.25) is 0 Å². The molecule has 0 radical (unpaired) electrons. The molecule has 0 unspecified atom stereocenters. The molecule has 3 heterocycles. The molecule has 1 aromatic carbocycles. The van der Waals surface area contributed by atoms with E-state index in [9.17, 15) is 9.59 Å². The average molecular weight is 569 g/mol. The molecule has 3 aromatic rings. The number of nitrogens with zero attached hydrogens (tertiary/aromatic N) is 5. The van der Waals surface area contributed by atoms with Crippen LogP contribution in [0.1, 0.15) is 55.9 Å². The molecule has 2 fully saturated rings. The molecule has 1 aliphatic carbocycles. The smallest absolute Gasteiger partial charge is 0.248 e. The van der Waals surface area contributed by atoms with E-state index in [0.29, 0.717) is 29.4 Å². The number of ether oxygens (including phenoxy) is 3. The van der Waals surface area contributed by atoms with Crippen LogP contribution in [0.25, 0.3) is 11.4 Å². The molecule has 1 aliphatic heterocycles.